The number of alkyl halides is 3. The van der Waals surface area contributed by atoms with E-state index in [2.05, 4.69) is 28.8 Å². The summed E-state index contributed by atoms with van der Waals surface area (Å²) in [6, 6.07) is 12.7. The number of carbonyl (C=O) groups is 1. The number of nitrogens with zero attached hydrogens (tertiary/aromatic N) is 5. The summed E-state index contributed by atoms with van der Waals surface area (Å²) in [5.41, 5.74) is 1.25. The zero-order valence-electron chi connectivity index (χ0n) is 19.3. The third-order valence-electron chi connectivity index (χ3n) is 5.84. The number of hydrogen-bond donors (Lipinski definition) is 0. The average Bonchev–Trinajstić information content (AvgIpc) is 2.96. The van der Waals surface area contributed by atoms with Crippen LogP contribution in [0.25, 0.3) is 0 Å². The Morgan fingerprint density at radius 2 is 1.74 bits per heavy atom. The van der Waals surface area contributed by atoms with Crippen LogP contribution >= 0.6 is 0 Å². The van der Waals surface area contributed by atoms with Gasteiger partial charge in [-0.2, -0.15) is 18.3 Å². The van der Waals surface area contributed by atoms with Crippen molar-refractivity contribution >= 4 is 23.1 Å². The molecule has 0 radical (unpaired) electrons. The molecule has 0 saturated heterocycles. The summed E-state index contributed by atoms with van der Waals surface area (Å²) in [6.07, 6.45) is -2.56. The number of benzene rings is 2. The molecule has 0 bridgehead atoms. The fourth-order valence-electron chi connectivity index (χ4n) is 4.30. The van der Waals surface area contributed by atoms with Crippen LogP contribution in [0.1, 0.15) is 43.4 Å². The van der Waals surface area contributed by atoms with E-state index >= 15 is 0 Å². The van der Waals surface area contributed by atoms with Gasteiger partial charge >= 0.3 is 6.18 Å². The number of anilines is 1. The highest BCUT2D eigenvalue weighted by Gasteiger charge is 2.36. The van der Waals surface area contributed by atoms with Crippen LogP contribution in [0, 0.1) is 0 Å². The van der Waals surface area contributed by atoms with Crippen molar-refractivity contribution < 1.29 is 18.0 Å². The minimum absolute atomic E-state index is 0.000871. The molecule has 2 aliphatic heterocycles. The third-order valence-corrected chi connectivity index (χ3v) is 5.84. The lowest BCUT2D eigenvalue weighted by molar-refractivity contribution is -0.137. The van der Waals surface area contributed by atoms with E-state index in [-0.39, 0.29) is 19.0 Å². The van der Waals surface area contributed by atoms with Gasteiger partial charge in [-0.3, -0.25) is 14.7 Å². The summed E-state index contributed by atoms with van der Waals surface area (Å²) < 4.78 is 40.6. The third kappa shape index (κ3) is 4.99. The second-order valence-electron chi connectivity index (χ2n) is 8.42. The van der Waals surface area contributed by atoms with Crippen LogP contribution in [0.15, 0.2) is 58.6 Å². The Morgan fingerprint density at radius 1 is 1.03 bits per heavy atom. The van der Waals surface area contributed by atoms with Gasteiger partial charge < -0.3 is 4.90 Å². The summed E-state index contributed by atoms with van der Waals surface area (Å²) in [7, 11) is 0. The molecule has 0 saturated carbocycles. The van der Waals surface area contributed by atoms with Gasteiger partial charge in [-0.05, 0) is 44.1 Å². The number of rotatable bonds is 7. The maximum atomic E-state index is 13.5. The second-order valence-corrected chi connectivity index (χ2v) is 8.42. The molecule has 2 aliphatic rings. The number of aliphatic imine (C=N–C) groups is 1. The van der Waals surface area contributed by atoms with Crippen LogP contribution in [-0.4, -0.2) is 60.2 Å². The Labute approximate surface area is 197 Å². The van der Waals surface area contributed by atoms with Crippen molar-refractivity contribution in [3.63, 3.8) is 0 Å². The molecule has 2 aromatic carbocycles. The summed E-state index contributed by atoms with van der Waals surface area (Å²) >= 11 is 0. The molecule has 1 amide bonds. The Morgan fingerprint density at radius 3 is 2.38 bits per heavy atom. The number of carbonyl (C=O) groups excluding carboxylic acids is 1. The van der Waals surface area contributed by atoms with Crippen molar-refractivity contribution in [1.82, 2.24) is 9.91 Å². The van der Waals surface area contributed by atoms with Gasteiger partial charge in [0.05, 0.1) is 30.2 Å². The summed E-state index contributed by atoms with van der Waals surface area (Å²) in [5.74, 6) is 0.342. The molecule has 0 spiro atoms. The lowest BCUT2D eigenvalue weighted by Crippen LogP contribution is -2.51. The fraction of sp³-hybridized carbons (Fsp3) is 0.400. The SMILES string of the molecule is CCCN(CCC)CN1N=C2CN=C(c3ccccc3)c3cc(C(F)(F)F)ccc3N2CC1=O. The van der Waals surface area contributed by atoms with Crippen LogP contribution in [0.2, 0.25) is 0 Å². The zero-order valence-corrected chi connectivity index (χ0v) is 19.3. The van der Waals surface area contributed by atoms with Crippen LogP contribution in [-0.2, 0) is 11.0 Å². The van der Waals surface area contributed by atoms with E-state index in [0.717, 1.165) is 38.1 Å². The first kappa shape index (κ1) is 23.9. The molecular formula is C25H28F3N5O. The highest BCUT2D eigenvalue weighted by atomic mass is 19.4. The van der Waals surface area contributed by atoms with Gasteiger partial charge in [0.1, 0.15) is 6.54 Å². The summed E-state index contributed by atoms with van der Waals surface area (Å²) in [5, 5.41) is 6.06. The molecule has 0 N–H and O–H groups in total. The Kier molecular flexibility index (Phi) is 7.02. The molecule has 2 heterocycles. The predicted molar refractivity (Wildman–Crippen MR) is 127 cm³/mol. The number of amides is 1. The molecule has 180 valence electrons. The van der Waals surface area contributed by atoms with Crippen molar-refractivity contribution in [3.05, 3.63) is 65.2 Å². The number of fused-ring (bicyclic) bond motifs is 3. The Balaban J connectivity index is 1.77. The normalized spacial score (nSPS) is 16.1. The quantitative estimate of drug-likeness (QED) is 0.593. The lowest BCUT2D eigenvalue weighted by Gasteiger charge is -2.35. The highest BCUT2D eigenvalue weighted by Crippen LogP contribution is 2.35. The van der Waals surface area contributed by atoms with Gasteiger partial charge in [-0.25, -0.2) is 5.01 Å². The molecule has 2 aromatic rings. The van der Waals surface area contributed by atoms with Gasteiger partial charge in [-0.15, -0.1) is 0 Å². The Hall–Kier alpha value is -3.20. The zero-order chi connectivity index (χ0) is 24.3. The van der Waals surface area contributed by atoms with Gasteiger partial charge in [0.25, 0.3) is 5.91 Å². The fourth-order valence-corrected chi connectivity index (χ4v) is 4.30. The van der Waals surface area contributed by atoms with Crippen LogP contribution in [0.5, 0.6) is 0 Å². The molecule has 0 aromatic heterocycles. The lowest BCUT2D eigenvalue weighted by atomic mass is 9.97. The molecule has 0 unspecified atom stereocenters. The maximum absolute atomic E-state index is 13.5. The van der Waals surface area contributed by atoms with Crippen molar-refractivity contribution in [2.45, 2.75) is 32.9 Å². The average molecular weight is 472 g/mol. The number of halogens is 3. The molecule has 0 fully saturated rings. The molecule has 0 atom stereocenters. The van der Waals surface area contributed by atoms with E-state index in [0.29, 0.717) is 35.0 Å². The number of hydrazone groups is 1. The van der Waals surface area contributed by atoms with E-state index < -0.39 is 11.7 Å². The Bertz CT molecular complexity index is 1090. The first-order chi connectivity index (χ1) is 16.3. The van der Waals surface area contributed by atoms with Gasteiger partial charge in [0.2, 0.25) is 0 Å². The summed E-state index contributed by atoms with van der Waals surface area (Å²) in [4.78, 5) is 21.6. The molecule has 9 heteroatoms. The van der Waals surface area contributed by atoms with Gasteiger partial charge in [0.15, 0.2) is 5.84 Å². The first-order valence-electron chi connectivity index (χ1n) is 11.5. The van der Waals surface area contributed by atoms with Crippen LogP contribution in [0.3, 0.4) is 0 Å². The monoisotopic (exact) mass is 471 g/mol. The molecule has 4 rings (SSSR count). The standard InChI is InChI=1S/C25H28F3N5O/c1-3-12-31(13-4-2)17-33-23(34)16-32-21-11-10-19(25(26,27)28)14-20(21)24(29-15-22(32)30-33)18-8-6-5-7-9-18/h5-11,14H,3-4,12-13,15-17H2,1-2H3. The van der Waals surface area contributed by atoms with E-state index in [1.54, 1.807) is 4.90 Å². The highest BCUT2D eigenvalue weighted by molar-refractivity contribution is 6.21. The van der Waals surface area contributed by atoms with E-state index in [1.807, 2.05) is 30.3 Å². The first-order valence-corrected chi connectivity index (χ1v) is 11.5. The molecule has 6 nitrogen and oxygen atoms in total. The minimum Gasteiger partial charge on any atom is -0.317 e. The minimum atomic E-state index is -4.49. The van der Waals surface area contributed by atoms with Crippen molar-refractivity contribution in [2.24, 2.45) is 10.1 Å². The topological polar surface area (TPSA) is 51.5 Å². The van der Waals surface area contributed by atoms with Crippen molar-refractivity contribution in [2.75, 3.05) is 37.7 Å². The smallest absolute Gasteiger partial charge is 0.317 e. The second kappa shape index (κ2) is 9.97. The predicted octanol–water partition coefficient (Wildman–Crippen LogP) is 4.60. The molecular weight excluding hydrogens is 443 g/mol. The number of amidine groups is 1. The van der Waals surface area contributed by atoms with Crippen molar-refractivity contribution in [3.8, 4) is 0 Å². The van der Waals surface area contributed by atoms with Gasteiger partial charge in [0, 0.05) is 11.1 Å². The number of hydrogen-bond acceptors (Lipinski definition) is 5. The van der Waals surface area contributed by atoms with E-state index in [9.17, 15) is 18.0 Å². The van der Waals surface area contributed by atoms with Crippen LogP contribution < -0.4 is 4.90 Å². The van der Waals surface area contributed by atoms with Crippen molar-refractivity contribution in [1.29, 1.82) is 0 Å². The molecule has 34 heavy (non-hydrogen) atoms. The molecule has 0 aliphatic carbocycles. The van der Waals surface area contributed by atoms with Gasteiger partial charge in [-0.1, -0.05) is 44.2 Å². The maximum Gasteiger partial charge on any atom is 0.416 e. The summed E-state index contributed by atoms with van der Waals surface area (Å²) in [6.45, 7) is 6.42. The largest absolute Gasteiger partial charge is 0.416 e. The van der Waals surface area contributed by atoms with E-state index in [4.69, 9.17) is 0 Å². The van der Waals surface area contributed by atoms with Crippen LogP contribution in [0.4, 0.5) is 18.9 Å². The van der Waals surface area contributed by atoms with E-state index in [1.165, 1.54) is 11.1 Å².